The lowest BCUT2D eigenvalue weighted by molar-refractivity contribution is -0.146. The molecule has 3 aromatic carbocycles. The summed E-state index contributed by atoms with van der Waals surface area (Å²) in [6, 6.07) is 8.24. The van der Waals surface area contributed by atoms with Gasteiger partial charge in [-0.2, -0.15) is 0 Å². The molecular formula is C58H71FN12O13. The van der Waals surface area contributed by atoms with Crippen molar-refractivity contribution in [3.63, 3.8) is 0 Å². The average Bonchev–Trinajstić information content (AvgIpc) is 4.44. The van der Waals surface area contributed by atoms with Gasteiger partial charge in [-0.1, -0.05) is 48.5 Å². The van der Waals surface area contributed by atoms with Gasteiger partial charge in [-0.05, 0) is 92.5 Å². The number of hydrogen-bond donors (Lipinski definition) is 11. The lowest BCUT2D eigenvalue weighted by Crippen LogP contribution is -2.62. The van der Waals surface area contributed by atoms with Crippen molar-refractivity contribution in [3.05, 3.63) is 107 Å². The molecule has 26 heteroatoms. The Morgan fingerprint density at radius 1 is 0.631 bits per heavy atom. The smallest absolute Gasteiger partial charge is 0.246 e. The third-order valence-corrected chi connectivity index (χ3v) is 15.3. The molecule has 9 rings (SSSR count). The normalized spacial score (nSPS) is 26.0. The number of aromatic nitrogens is 1. The van der Waals surface area contributed by atoms with E-state index in [0.29, 0.717) is 46.9 Å². The number of aromatic amines is 1. The van der Waals surface area contributed by atoms with Gasteiger partial charge in [0.2, 0.25) is 65.0 Å². The summed E-state index contributed by atoms with van der Waals surface area (Å²) in [4.78, 5) is 158. The van der Waals surface area contributed by atoms with Gasteiger partial charge in [-0.25, -0.2) is 4.39 Å². The molecule has 0 radical (unpaired) electrons. The highest BCUT2D eigenvalue weighted by atomic mass is 19.1. The van der Waals surface area contributed by atoms with Gasteiger partial charge in [0, 0.05) is 75.5 Å². The van der Waals surface area contributed by atoms with Gasteiger partial charge in [-0.15, -0.1) is 0 Å². The summed E-state index contributed by atoms with van der Waals surface area (Å²) in [6.45, 7) is 3.14. The first-order chi connectivity index (χ1) is 40.2. The van der Waals surface area contributed by atoms with Crippen molar-refractivity contribution in [2.75, 3.05) is 32.8 Å². The van der Waals surface area contributed by atoms with E-state index in [1.165, 1.54) is 50.1 Å². The van der Waals surface area contributed by atoms with Gasteiger partial charge < -0.3 is 72.5 Å². The summed E-state index contributed by atoms with van der Waals surface area (Å²) in [5.41, 5.74) is 3.58. The SMILES string of the molecule is C[C@@H]1NC(=O)CCC(=O)NCc2ccc(cc2)CCNC(=O)C2CCCN2C(=O)CNC(=O)[C@H]([C@@H](C)O)NC(=O)[C@@H]2[C@@H]3CCN2C(=O)[C@H](Cc2c[nH]c4ccc(F)cc24)NC(=O)[C@H](Cc2cccc(c2)CNC(=O)CO3)NC(=O)[C@@H](C)NC1=O. The topological polar surface area (TPSA) is 348 Å². The van der Waals surface area contributed by atoms with Crippen molar-refractivity contribution < 1.29 is 67.0 Å². The molecule has 1 aromatic heterocycles. The van der Waals surface area contributed by atoms with E-state index in [2.05, 4.69) is 52.8 Å². The molecule has 11 amide bonds. The standard InChI is InChI=1S/C58H71FN12O13/c1-31-52(77)66-32(2)53(78)67-42-23-36-6-4-7-37(22-36)27-63-48(75)30-84-45-18-21-71(58(83)43(68-54(42)79)24-38-28-61-41-14-13-39(59)25-40(38)41)51(45)57(82)69-50(33(3)72)56(81)64-29-49(76)70-20-5-8-44(70)55(80)60-19-17-34-9-11-35(12-10-34)26-62-46(73)15-16-47(74)65-31/h4,6-7,9-14,22,25,28,31-33,42-45,50-51,61,72H,5,8,15-21,23-24,26-27,29-30H2,1-3H3,(H,60,80)(H,62,73)(H,63,75)(H,64,81)(H,65,74)(H,66,77)(H,67,78)(H,68,79)(H,69,82)/t31-,32+,33+,42-,43-,44?,45-,50-,51-/m0/s1. The first-order valence-corrected chi connectivity index (χ1v) is 28.1. The molecule has 11 N–H and O–H groups in total. The summed E-state index contributed by atoms with van der Waals surface area (Å²) in [5.74, 6) is -8.63. The van der Waals surface area contributed by atoms with Crippen LogP contribution >= 0.6 is 0 Å². The maximum Gasteiger partial charge on any atom is 0.246 e. The fourth-order valence-corrected chi connectivity index (χ4v) is 10.7. The van der Waals surface area contributed by atoms with Crippen LogP contribution < -0.4 is 47.9 Å². The summed E-state index contributed by atoms with van der Waals surface area (Å²) >= 11 is 0. The Morgan fingerprint density at radius 3 is 2.11 bits per heavy atom. The highest BCUT2D eigenvalue weighted by Crippen LogP contribution is 2.27. The molecule has 5 aliphatic rings. The molecule has 25 nitrogen and oxygen atoms in total. The molecule has 0 aliphatic carbocycles. The Hall–Kier alpha value is -8.78. The van der Waals surface area contributed by atoms with Crippen molar-refractivity contribution in [2.45, 2.75) is 140 Å². The maximum atomic E-state index is 15.3. The van der Waals surface area contributed by atoms with Gasteiger partial charge >= 0.3 is 0 Å². The molecule has 1 unspecified atom stereocenters. The molecule has 0 saturated carbocycles. The number of rotatable bonds is 3. The Kier molecular flexibility index (Phi) is 20.4. The van der Waals surface area contributed by atoms with Crippen LogP contribution in [-0.2, 0) is 89.8 Å². The predicted octanol–water partition coefficient (Wildman–Crippen LogP) is -1.57. The summed E-state index contributed by atoms with van der Waals surface area (Å²) in [7, 11) is 0. The second-order valence-electron chi connectivity index (χ2n) is 21.6. The number of halogens is 1. The number of benzene rings is 3. The van der Waals surface area contributed by atoms with Crippen molar-refractivity contribution in [1.29, 1.82) is 0 Å². The van der Waals surface area contributed by atoms with Crippen LogP contribution in [0.25, 0.3) is 10.9 Å². The van der Waals surface area contributed by atoms with E-state index < -0.39 is 138 Å². The predicted molar refractivity (Wildman–Crippen MR) is 298 cm³/mol. The third-order valence-electron chi connectivity index (χ3n) is 15.3. The van der Waals surface area contributed by atoms with E-state index >= 15 is 4.79 Å². The van der Waals surface area contributed by atoms with Crippen molar-refractivity contribution in [3.8, 4) is 0 Å². The highest BCUT2D eigenvalue weighted by molar-refractivity contribution is 5.99. The van der Waals surface area contributed by atoms with Gasteiger partial charge in [0.15, 0.2) is 0 Å². The molecule has 6 heterocycles. The number of carbonyl (C=O) groups excluding carboxylic acids is 11. The minimum Gasteiger partial charge on any atom is -0.391 e. The van der Waals surface area contributed by atoms with E-state index in [0.717, 1.165) is 16.0 Å². The Labute approximate surface area is 483 Å². The first-order valence-electron chi connectivity index (χ1n) is 28.1. The number of H-pyrrole nitrogens is 1. The second-order valence-corrected chi connectivity index (χ2v) is 21.6. The van der Waals surface area contributed by atoms with Gasteiger partial charge in [-0.3, -0.25) is 52.7 Å². The van der Waals surface area contributed by atoms with Gasteiger partial charge in [0.25, 0.3) is 0 Å². The molecule has 2 saturated heterocycles. The summed E-state index contributed by atoms with van der Waals surface area (Å²) < 4.78 is 20.9. The number of amides is 11. The number of nitrogens with one attached hydrogen (secondary N) is 10. The Balaban J connectivity index is 1.10. The van der Waals surface area contributed by atoms with E-state index in [4.69, 9.17) is 4.74 Å². The summed E-state index contributed by atoms with van der Waals surface area (Å²) in [6.07, 6.45) is -1.00. The minimum atomic E-state index is -1.73. The molecule has 5 aliphatic heterocycles. The zero-order valence-corrected chi connectivity index (χ0v) is 46.8. The number of carbonyl (C=O) groups is 11. The average molecular weight is 1160 g/mol. The van der Waals surface area contributed by atoms with Crippen LogP contribution in [0.5, 0.6) is 0 Å². The Morgan fingerprint density at radius 2 is 1.33 bits per heavy atom. The number of hydrogen-bond acceptors (Lipinski definition) is 13. The molecular weight excluding hydrogens is 1090 g/mol. The molecule has 8 bridgehead atoms. The first kappa shape index (κ1) is 61.3. The minimum absolute atomic E-state index is 0.0230. The fourth-order valence-electron chi connectivity index (χ4n) is 10.7. The largest absolute Gasteiger partial charge is 0.391 e. The van der Waals surface area contributed by atoms with E-state index in [-0.39, 0.29) is 64.8 Å². The summed E-state index contributed by atoms with van der Waals surface area (Å²) in [5, 5.41) is 35.3. The number of fused-ring (bicyclic) bond motifs is 26. The fraction of sp³-hybridized carbons (Fsp3) is 0.466. The molecule has 84 heavy (non-hydrogen) atoms. The lowest BCUT2D eigenvalue weighted by atomic mass is 10.00. The maximum absolute atomic E-state index is 15.3. The zero-order chi connectivity index (χ0) is 60.2. The van der Waals surface area contributed by atoms with Crippen LogP contribution in [0.2, 0.25) is 0 Å². The van der Waals surface area contributed by atoms with Crippen molar-refractivity contribution in [1.82, 2.24) is 62.6 Å². The molecule has 0 spiro atoms. The van der Waals surface area contributed by atoms with E-state index in [1.807, 2.05) is 12.1 Å². The molecule has 4 aromatic rings. The van der Waals surface area contributed by atoms with Crippen LogP contribution in [0.4, 0.5) is 4.39 Å². The third kappa shape index (κ3) is 15.9. The monoisotopic (exact) mass is 1160 g/mol. The number of aliphatic hydroxyl groups is 1. The number of aliphatic hydroxyl groups excluding tert-OH is 1. The van der Waals surface area contributed by atoms with Gasteiger partial charge in [0.05, 0.1) is 18.8 Å². The van der Waals surface area contributed by atoms with Gasteiger partial charge in [0.1, 0.15) is 54.7 Å². The van der Waals surface area contributed by atoms with E-state index in [9.17, 15) is 57.4 Å². The van der Waals surface area contributed by atoms with E-state index in [1.54, 1.807) is 36.4 Å². The lowest BCUT2D eigenvalue weighted by Gasteiger charge is -2.32. The quantitative estimate of drug-likeness (QED) is 0.104. The molecule has 448 valence electrons. The van der Waals surface area contributed by atoms with Crippen LogP contribution in [0.1, 0.15) is 80.7 Å². The molecule has 2 fully saturated rings. The van der Waals surface area contributed by atoms with Crippen LogP contribution in [-0.4, -0.2) is 172 Å². The van der Waals surface area contributed by atoms with Crippen LogP contribution in [0.3, 0.4) is 0 Å². The van der Waals surface area contributed by atoms with Crippen LogP contribution in [0, 0.1) is 5.82 Å². The zero-order valence-electron chi connectivity index (χ0n) is 46.8. The second kappa shape index (κ2) is 28.0. The number of nitrogens with zero attached hydrogens (tertiary/aromatic N) is 2. The Bertz CT molecular complexity index is 3150. The highest BCUT2D eigenvalue weighted by Gasteiger charge is 2.47. The van der Waals surface area contributed by atoms with Crippen molar-refractivity contribution in [2.24, 2.45) is 0 Å². The number of ether oxygens (including phenoxy) is 1. The van der Waals surface area contributed by atoms with Crippen molar-refractivity contribution >= 4 is 75.9 Å². The molecule has 9 atom stereocenters. The van der Waals surface area contributed by atoms with Crippen LogP contribution in [0.15, 0.2) is 72.9 Å².